The van der Waals surface area contributed by atoms with Gasteiger partial charge in [-0.05, 0) is 55.6 Å². The van der Waals surface area contributed by atoms with Gasteiger partial charge in [0.05, 0.1) is 20.2 Å². The van der Waals surface area contributed by atoms with E-state index in [1.807, 2.05) is 0 Å². The fraction of sp³-hybridized carbons (Fsp3) is 0.0769. The standard InChI is InChI=1S/C13H10Br2N4O3/c1-18-11(6-10(14)12(18)15)13(20)17-16-7-8-2-4-9(5-3-8)19(21)22/h2-7H,1H3,(H,17,20)/b16-7+. The second-order valence-corrected chi connectivity index (χ2v) is 5.88. The van der Waals surface area contributed by atoms with Crippen LogP contribution >= 0.6 is 31.9 Å². The van der Waals surface area contributed by atoms with E-state index in [2.05, 4.69) is 42.4 Å². The molecule has 1 heterocycles. The number of amides is 1. The van der Waals surface area contributed by atoms with Crippen LogP contribution in [0.3, 0.4) is 0 Å². The summed E-state index contributed by atoms with van der Waals surface area (Å²) in [5.74, 6) is -0.368. The van der Waals surface area contributed by atoms with Gasteiger partial charge in [0.2, 0.25) is 0 Å². The molecule has 0 saturated carbocycles. The molecule has 0 atom stereocenters. The Morgan fingerprint density at radius 1 is 1.36 bits per heavy atom. The summed E-state index contributed by atoms with van der Waals surface area (Å²) in [5, 5.41) is 14.4. The largest absolute Gasteiger partial charge is 0.333 e. The lowest BCUT2D eigenvalue weighted by atomic mass is 10.2. The zero-order chi connectivity index (χ0) is 16.3. The highest BCUT2D eigenvalue weighted by Gasteiger charge is 2.14. The summed E-state index contributed by atoms with van der Waals surface area (Å²) < 4.78 is 3.18. The molecule has 1 aromatic heterocycles. The number of non-ortho nitro benzene ring substituents is 1. The highest BCUT2D eigenvalue weighted by molar-refractivity contribution is 9.13. The highest BCUT2D eigenvalue weighted by atomic mass is 79.9. The number of carbonyl (C=O) groups excluding carboxylic acids is 1. The Morgan fingerprint density at radius 2 is 2.00 bits per heavy atom. The van der Waals surface area contributed by atoms with Gasteiger partial charge in [-0.1, -0.05) is 0 Å². The minimum atomic E-state index is -0.478. The Kier molecular flexibility index (Phi) is 5.09. The molecule has 2 rings (SSSR count). The van der Waals surface area contributed by atoms with Crippen LogP contribution in [-0.2, 0) is 7.05 Å². The first kappa shape index (κ1) is 16.4. The number of hydrazone groups is 1. The van der Waals surface area contributed by atoms with Crippen molar-refractivity contribution in [3.05, 3.63) is 60.8 Å². The van der Waals surface area contributed by atoms with Gasteiger partial charge >= 0.3 is 0 Å². The van der Waals surface area contributed by atoms with Crippen molar-refractivity contribution in [2.75, 3.05) is 0 Å². The molecule has 7 nitrogen and oxygen atoms in total. The van der Waals surface area contributed by atoms with Gasteiger partial charge in [0.1, 0.15) is 5.69 Å². The molecule has 114 valence electrons. The maximum atomic E-state index is 12.0. The summed E-state index contributed by atoms with van der Waals surface area (Å²) in [4.78, 5) is 22.0. The van der Waals surface area contributed by atoms with Gasteiger partial charge in [-0.3, -0.25) is 14.9 Å². The zero-order valence-corrected chi connectivity index (χ0v) is 14.5. The van der Waals surface area contributed by atoms with Crippen LogP contribution in [0.5, 0.6) is 0 Å². The van der Waals surface area contributed by atoms with Crippen molar-refractivity contribution in [1.82, 2.24) is 9.99 Å². The molecule has 0 aliphatic carbocycles. The van der Waals surface area contributed by atoms with Crippen molar-refractivity contribution in [2.45, 2.75) is 0 Å². The molecule has 0 unspecified atom stereocenters. The predicted octanol–water partition coefficient (Wildman–Crippen LogP) is 3.22. The third kappa shape index (κ3) is 3.60. The fourth-order valence-corrected chi connectivity index (χ4v) is 2.45. The van der Waals surface area contributed by atoms with Crippen LogP contribution in [0.1, 0.15) is 16.1 Å². The van der Waals surface area contributed by atoms with Gasteiger partial charge in [-0.15, -0.1) is 0 Å². The number of rotatable bonds is 4. The molecule has 0 aliphatic rings. The maximum absolute atomic E-state index is 12.0. The number of benzene rings is 1. The first-order chi connectivity index (χ1) is 10.4. The van der Waals surface area contributed by atoms with Crippen LogP contribution in [0.2, 0.25) is 0 Å². The van der Waals surface area contributed by atoms with Gasteiger partial charge in [0.25, 0.3) is 11.6 Å². The van der Waals surface area contributed by atoms with Gasteiger partial charge in [-0.2, -0.15) is 5.10 Å². The second-order valence-electron chi connectivity index (χ2n) is 4.28. The summed E-state index contributed by atoms with van der Waals surface area (Å²) >= 11 is 6.65. The molecule has 0 fully saturated rings. The van der Waals surface area contributed by atoms with E-state index in [0.717, 1.165) is 9.08 Å². The molecule has 0 aliphatic heterocycles. The topological polar surface area (TPSA) is 89.5 Å². The minimum Gasteiger partial charge on any atom is -0.333 e. The Balaban J connectivity index is 2.04. The van der Waals surface area contributed by atoms with Crippen LogP contribution in [0.4, 0.5) is 5.69 Å². The third-order valence-corrected chi connectivity index (χ3v) is 4.93. The van der Waals surface area contributed by atoms with E-state index in [4.69, 9.17) is 0 Å². The van der Waals surface area contributed by atoms with Crippen molar-refractivity contribution in [2.24, 2.45) is 12.1 Å². The number of nitro benzene ring substituents is 1. The Bertz CT molecular complexity index is 753. The lowest BCUT2D eigenvalue weighted by Gasteiger charge is -2.02. The average Bonchev–Trinajstić information content (AvgIpc) is 2.75. The summed E-state index contributed by atoms with van der Waals surface area (Å²) in [6.45, 7) is 0. The number of nitrogens with one attached hydrogen (secondary N) is 1. The Morgan fingerprint density at radius 3 is 2.50 bits per heavy atom. The van der Waals surface area contributed by atoms with Crippen molar-refractivity contribution in [1.29, 1.82) is 0 Å². The smallest absolute Gasteiger partial charge is 0.288 e. The summed E-state index contributed by atoms with van der Waals surface area (Å²) in [7, 11) is 1.74. The SMILES string of the molecule is Cn1c(C(=O)N/N=C/c2ccc([N+](=O)[O-])cc2)cc(Br)c1Br. The number of nitro groups is 1. The number of aromatic nitrogens is 1. The zero-order valence-electron chi connectivity index (χ0n) is 11.3. The van der Waals surface area contributed by atoms with Crippen molar-refractivity contribution in [3.8, 4) is 0 Å². The van der Waals surface area contributed by atoms with Gasteiger partial charge < -0.3 is 4.57 Å². The quantitative estimate of drug-likeness (QED) is 0.459. The van der Waals surface area contributed by atoms with Gasteiger partial charge in [0.15, 0.2) is 0 Å². The van der Waals surface area contributed by atoms with Crippen molar-refractivity contribution in [3.63, 3.8) is 0 Å². The highest BCUT2D eigenvalue weighted by Crippen LogP contribution is 2.26. The maximum Gasteiger partial charge on any atom is 0.288 e. The molecular formula is C13H10Br2N4O3. The molecule has 0 radical (unpaired) electrons. The summed E-state index contributed by atoms with van der Waals surface area (Å²) in [6, 6.07) is 7.50. The molecule has 9 heteroatoms. The van der Waals surface area contributed by atoms with Crippen molar-refractivity contribution < 1.29 is 9.72 Å². The fourth-order valence-electron chi connectivity index (χ4n) is 1.67. The summed E-state index contributed by atoms with van der Waals surface area (Å²) in [6.07, 6.45) is 1.41. The molecule has 0 spiro atoms. The number of hydrogen-bond donors (Lipinski definition) is 1. The van der Waals surface area contributed by atoms with Gasteiger partial charge in [-0.25, -0.2) is 5.43 Å². The number of hydrogen-bond acceptors (Lipinski definition) is 4. The molecule has 0 bridgehead atoms. The van der Waals surface area contributed by atoms with Crippen LogP contribution in [0.15, 0.2) is 44.5 Å². The molecular weight excluding hydrogens is 420 g/mol. The average molecular weight is 430 g/mol. The number of carbonyl (C=O) groups is 1. The van der Waals surface area contributed by atoms with Crippen LogP contribution in [0.25, 0.3) is 0 Å². The van der Waals surface area contributed by atoms with Crippen LogP contribution < -0.4 is 5.43 Å². The lowest BCUT2D eigenvalue weighted by molar-refractivity contribution is -0.384. The Labute approximate surface area is 142 Å². The monoisotopic (exact) mass is 428 g/mol. The molecule has 2 aromatic rings. The van der Waals surface area contributed by atoms with E-state index in [-0.39, 0.29) is 11.6 Å². The predicted molar refractivity (Wildman–Crippen MR) is 89.0 cm³/mol. The number of halogens is 2. The third-order valence-electron chi connectivity index (χ3n) is 2.83. The van der Waals surface area contributed by atoms with Crippen molar-refractivity contribution >= 4 is 49.7 Å². The van der Waals surface area contributed by atoms with Gasteiger partial charge in [0, 0.05) is 19.2 Å². The first-order valence-electron chi connectivity index (χ1n) is 5.98. The van der Waals surface area contributed by atoms with Crippen LogP contribution in [0, 0.1) is 10.1 Å². The minimum absolute atomic E-state index is 0.000281. The normalized spacial score (nSPS) is 10.9. The first-order valence-corrected chi connectivity index (χ1v) is 7.57. The lowest BCUT2D eigenvalue weighted by Crippen LogP contribution is -2.20. The molecule has 1 amide bonds. The molecule has 0 saturated heterocycles. The molecule has 1 aromatic carbocycles. The molecule has 1 N–H and O–H groups in total. The molecule has 22 heavy (non-hydrogen) atoms. The van der Waals surface area contributed by atoms with E-state index in [1.165, 1.54) is 18.3 Å². The van der Waals surface area contributed by atoms with E-state index in [9.17, 15) is 14.9 Å². The van der Waals surface area contributed by atoms with Crippen LogP contribution in [-0.4, -0.2) is 21.6 Å². The van der Waals surface area contributed by atoms with E-state index in [0.29, 0.717) is 11.3 Å². The number of nitrogens with zero attached hydrogens (tertiary/aromatic N) is 3. The Hall–Kier alpha value is -2.00. The van der Waals surface area contributed by atoms with E-state index in [1.54, 1.807) is 29.8 Å². The van der Waals surface area contributed by atoms with E-state index < -0.39 is 4.92 Å². The van der Waals surface area contributed by atoms with E-state index >= 15 is 0 Å². The summed E-state index contributed by atoms with van der Waals surface area (Å²) in [5.41, 5.74) is 3.47. The second kappa shape index (κ2) is 6.84.